The lowest BCUT2D eigenvalue weighted by molar-refractivity contribution is -0.140. The smallest absolute Gasteiger partial charge is 0.383 e. The van der Waals surface area contributed by atoms with Crippen LogP contribution in [-0.2, 0) is 6.54 Å². The minimum atomic E-state index is -4.61. The molecule has 0 unspecified atom stereocenters. The molecule has 0 saturated carbocycles. The Balaban J connectivity index is 1.44. The number of carbonyl (C=O) groups excluding carboxylic acids is 1. The van der Waals surface area contributed by atoms with Gasteiger partial charge in [0.2, 0.25) is 5.43 Å². The summed E-state index contributed by atoms with van der Waals surface area (Å²) in [6, 6.07) is 16.9. The quantitative estimate of drug-likeness (QED) is 0.226. The number of aryl methyl sites for hydroxylation is 1. The lowest BCUT2D eigenvalue weighted by Gasteiger charge is -2.14. The van der Waals surface area contributed by atoms with Crippen molar-refractivity contribution in [2.75, 3.05) is 11.1 Å². The van der Waals surface area contributed by atoms with E-state index in [4.69, 9.17) is 5.73 Å². The fourth-order valence-corrected chi connectivity index (χ4v) is 4.45. The number of halogens is 4. The van der Waals surface area contributed by atoms with E-state index >= 15 is 0 Å². The number of carbonyl (C=O) groups is 1. The second kappa shape index (κ2) is 11.3. The van der Waals surface area contributed by atoms with Crippen LogP contribution in [0.2, 0.25) is 0 Å². The minimum absolute atomic E-state index is 0.172. The molecule has 0 fully saturated rings. The maximum Gasteiger partial charge on any atom is 0.406 e. The van der Waals surface area contributed by atoms with Crippen LogP contribution >= 0.6 is 0 Å². The molecule has 0 saturated heterocycles. The lowest BCUT2D eigenvalue weighted by Crippen LogP contribution is -2.27. The van der Waals surface area contributed by atoms with Crippen LogP contribution in [0.25, 0.3) is 33.4 Å². The van der Waals surface area contributed by atoms with Crippen molar-refractivity contribution in [2.24, 2.45) is 0 Å². The highest BCUT2D eigenvalue weighted by atomic mass is 19.4. The molecule has 42 heavy (non-hydrogen) atoms. The third-order valence-corrected chi connectivity index (χ3v) is 6.44. The van der Waals surface area contributed by atoms with Crippen LogP contribution in [0, 0.1) is 12.7 Å². The van der Waals surface area contributed by atoms with Crippen molar-refractivity contribution in [1.82, 2.24) is 14.5 Å². The highest BCUT2D eigenvalue weighted by molar-refractivity contribution is 6.04. The normalized spacial score (nSPS) is 11.4. The van der Waals surface area contributed by atoms with Gasteiger partial charge in [0.1, 0.15) is 23.7 Å². The van der Waals surface area contributed by atoms with Gasteiger partial charge >= 0.3 is 6.18 Å². The Morgan fingerprint density at radius 1 is 0.881 bits per heavy atom. The largest absolute Gasteiger partial charge is 0.406 e. The van der Waals surface area contributed by atoms with Crippen molar-refractivity contribution in [3.63, 3.8) is 0 Å². The van der Waals surface area contributed by atoms with E-state index < -0.39 is 35.4 Å². The first-order chi connectivity index (χ1) is 20.0. The van der Waals surface area contributed by atoms with Crippen molar-refractivity contribution < 1.29 is 22.4 Å². The first kappa shape index (κ1) is 28.2. The Labute approximate surface area is 237 Å². The van der Waals surface area contributed by atoms with E-state index in [1.807, 2.05) is 25.1 Å². The molecule has 212 valence electrons. The summed E-state index contributed by atoms with van der Waals surface area (Å²) in [7, 11) is 0. The van der Waals surface area contributed by atoms with E-state index in [9.17, 15) is 27.2 Å². The molecule has 7 nitrogen and oxygen atoms in total. The number of nitrogens with one attached hydrogen (secondary N) is 1. The van der Waals surface area contributed by atoms with Gasteiger partial charge in [0.15, 0.2) is 0 Å². The maximum absolute atomic E-state index is 13.4. The van der Waals surface area contributed by atoms with Crippen LogP contribution in [0.3, 0.4) is 0 Å². The third-order valence-electron chi connectivity index (χ3n) is 6.44. The maximum atomic E-state index is 13.4. The fourth-order valence-electron chi connectivity index (χ4n) is 4.45. The van der Waals surface area contributed by atoms with Crippen molar-refractivity contribution in [3.8, 4) is 33.4 Å². The summed E-state index contributed by atoms with van der Waals surface area (Å²) in [5, 5.41) is 2.57. The molecular weight excluding hydrogens is 550 g/mol. The van der Waals surface area contributed by atoms with E-state index in [1.54, 1.807) is 36.7 Å². The average molecular weight is 574 g/mol. The number of nitrogen functional groups attached to an aromatic ring is 1. The summed E-state index contributed by atoms with van der Waals surface area (Å²) in [6.45, 7) is 0.455. The fraction of sp³-hybridized carbons (Fsp3) is 0.0968. The molecule has 3 N–H and O–H groups in total. The molecule has 0 bridgehead atoms. The van der Waals surface area contributed by atoms with Gasteiger partial charge in [-0.3, -0.25) is 14.6 Å². The topological polar surface area (TPSA) is 103 Å². The van der Waals surface area contributed by atoms with Crippen molar-refractivity contribution in [3.05, 3.63) is 119 Å². The Hall–Kier alpha value is -5.32. The molecule has 0 aliphatic carbocycles. The molecule has 2 aromatic carbocycles. The SMILES string of the molecule is Cc1cc(-c2cnc(N)c(-c3ccc(NC(=O)c4cn(CC(F)(F)F)cc(-c5ccc(F)cc5)c4=O)cc3)c2)ccn1. The second-order valence-electron chi connectivity index (χ2n) is 9.58. The van der Waals surface area contributed by atoms with Crippen LogP contribution in [0.15, 0.2) is 96.3 Å². The second-order valence-corrected chi connectivity index (χ2v) is 9.58. The molecular formula is C31H23F4N5O2. The molecule has 0 atom stereocenters. The number of nitrogens with two attached hydrogens (primary N) is 1. The standard InChI is InChI=1S/C31H23F4N5O2/c1-18-12-21(10-11-37-18)22-13-25(29(36)38-14-22)19-4-8-24(9-5-19)39-30(42)27-16-40(17-31(33,34)35)15-26(28(27)41)20-2-6-23(32)7-3-20/h2-16H,17H2,1H3,(H2,36,38)(H,39,42). The van der Waals surface area contributed by atoms with E-state index in [-0.39, 0.29) is 11.1 Å². The van der Waals surface area contributed by atoms with Gasteiger partial charge in [-0.05, 0) is 66.1 Å². The Morgan fingerprint density at radius 2 is 1.55 bits per heavy atom. The van der Waals surface area contributed by atoms with Gasteiger partial charge in [0.25, 0.3) is 5.91 Å². The number of anilines is 2. The van der Waals surface area contributed by atoms with Gasteiger partial charge in [-0.15, -0.1) is 0 Å². The molecule has 0 radical (unpaired) electrons. The van der Waals surface area contributed by atoms with Crippen LogP contribution in [0.4, 0.5) is 29.1 Å². The first-order valence-electron chi connectivity index (χ1n) is 12.6. The van der Waals surface area contributed by atoms with E-state index in [2.05, 4.69) is 15.3 Å². The first-order valence-corrected chi connectivity index (χ1v) is 12.6. The Morgan fingerprint density at radius 3 is 2.21 bits per heavy atom. The summed E-state index contributed by atoms with van der Waals surface area (Å²) >= 11 is 0. The number of benzene rings is 2. The van der Waals surface area contributed by atoms with E-state index in [0.29, 0.717) is 27.2 Å². The molecule has 3 aromatic heterocycles. The van der Waals surface area contributed by atoms with E-state index in [0.717, 1.165) is 41.3 Å². The van der Waals surface area contributed by atoms with Crippen molar-refractivity contribution in [1.29, 1.82) is 0 Å². The summed E-state index contributed by atoms with van der Waals surface area (Å²) in [5.74, 6) is -1.18. The van der Waals surface area contributed by atoms with Crippen LogP contribution in [0.5, 0.6) is 0 Å². The van der Waals surface area contributed by atoms with Crippen molar-refractivity contribution in [2.45, 2.75) is 19.6 Å². The summed E-state index contributed by atoms with van der Waals surface area (Å²) in [6.07, 6.45) is 0.599. The van der Waals surface area contributed by atoms with Crippen LogP contribution in [-0.4, -0.2) is 26.6 Å². The number of pyridine rings is 3. The summed E-state index contributed by atoms with van der Waals surface area (Å²) in [4.78, 5) is 34.8. The van der Waals surface area contributed by atoms with Gasteiger partial charge in [-0.1, -0.05) is 24.3 Å². The molecule has 1 amide bonds. The molecule has 0 aliphatic rings. The minimum Gasteiger partial charge on any atom is -0.383 e. The van der Waals surface area contributed by atoms with Crippen LogP contribution in [0.1, 0.15) is 16.1 Å². The number of amides is 1. The Kier molecular flexibility index (Phi) is 7.58. The molecule has 11 heteroatoms. The van der Waals surface area contributed by atoms with Crippen LogP contribution < -0.4 is 16.5 Å². The van der Waals surface area contributed by atoms with E-state index in [1.165, 1.54) is 12.1 Å². The highest BCUT2D eigenvalue weighted by Gasteiger charge is 2.29. The van der Waals surface area contributed by atoms with Gasteiger partial charge in [-0.2, -0.15) is 13.2 Å². The molecule has 0 aliphatic heterocycles. The predicted molar refractivity (Wildman–Crippen MR) is 152 cm³/mol. The predicted octanol–water partition coefficient (Wildman–Crippen LogP) is 6.48. The zero-order chi connectivity index (χ0) is 30.0. The van der Waals surface area contributed by atoms with Gasteiger partial charge in [0, 0.05) is 52.9 Å². The lowest BCUT2D eigenvalue weighted by atomic mass is 10.0. The molecule has 5 rings (SSSR count). The number of nitrogens with zero attached hydrogens (tertiary/aromatic N) is 3. The third kappa shape index (κ3) is 6.35. The summed E-state index contributed by atoms with van der Waals surface area (Å²) in [5.41, 5.74) is 9.09. The summed E-state index contributed by atoms with van der Waals surface area (Å²) < 4.78 is 53.7. The number of aromatic nitrogens is 3. The zero-order valence-corrected chi connectivity index (χ0v) is 22.1. The number of hydrogen-bond donors (Lipinski definition) is 2. The number of rotatable bonds is 6. The number of hydrogen-bond acceptors (Lipinski definition) is 5. The average Bonchev–Trinajstić information content (AvgIpc) is 2.94. The molecule has 3 heterocycles. The zero-order valence-electron chi connectivity index (χ0n) is 22.1. The Bertz CT molecular complexity index is 1830. The van der Waals surface area contributed by atoms with Gasteiger partial charge in [-0.25, -0.2) is 9.37 Å². The van der Waals surface area contributed by atoms with Gasteiger partial charge in [0.05, 0.1) is 0 Å². The monoisotopic (exact) mass is 573 g/mol. The van der Waals surface area contributed by atoms with Crippen molar-refractivity contribution >= 4 is 17.4 Å². The molecule has 5 aromatic rings. The van der Waals surface area contributed by atoms with Gasteiger partial charge < -0.3 is 15.6 Å². The highest BCUT2D eigenvalue weighted by Crippen LogP contribution is 2.30. The number of alkyl halides is 3. The molecule has 0 spiro atoms.